The van der Waals surface area contributed by atoms with Crippen molar-refractivity contribution in [2.45, 2.75) is 83.0 Å². The normalized spacial score (nSPS) is 22.5. The van der Waals surface area contributed by atoms with E-state index in [-0.39, 0.29) is 18.6 Å². The molecule has 22 heavy (non-hydrogen) atoms. The molecule has 1 aliphatic heterocycles. The molecule has 1 rings (SSSR count). The number of hydrogen-bond donors (Lipinski definition) is 2. The largest absolute Gasteiger partial charge is 0.481 e. The van der Waals surface area contributed by atoms with Gasteiger partial charge < -0.3 is 14.9 Å². The third-order valence-corrected chi connectivity index (χ3v) is 3.82. The first-order valence-electron chi connectivity index (χ1n) is 8.52. The Balaban J connectivity index is 1.95. The molecule has 0 amide bonds. The second kappa shape index (κ2) is 11.4. The van der Waals surface area contributed by atoms with E-state index in [1.807, 2.05) is 12.2 Å². The summed E-state index contributed by atoms with van der Waals surface area (Å²) in [6.07, 6.45) is 16.0. The van der Waals surface area contributed by atoms with E-state index in [1.54, 1.807) is 0 Å². The molecule has 0 radical (unpaired) electrons. The number of carboxylic acid groups (broad SMARTS) is 1. The standard InChI is InChI=1S/C18H30O4/c1-2-3-9-13-16-18(22-16)15(19)12-10-7-5-4-6-8-11-14-17(20)21/h3,9-10,12,15-16,18-19H,2,4-8,11,13-14H2,1H3,(H,20,21). The van der Waals surface area contributed by atoms with Crippen LogP contribution in [-0.4, -0.2) is 34.5 Å². The Bertz CT molecular complexity index is 362. The zero-order chi connectivity index (χ0) is 16.2. The molecule has 126 valence electrons. The average Bonchev–Trinajstić information content (AvgIpc) is 3.25. The highest BCUT2D eigenvalue weighted by atomic mass is 16.6. The molecule has 0 bridgehead atoms. The van der Waals surface area contributed by atoms with Gasteiger partial charge in [-0.2, -0.15) is 0 Å². The average molecular weight is 310 g/mol. The van der Waals surface area contributed by atoms with E-state index in [4.69, 9.17) is 9.84 Å². The molecule has 0 aromatic rings. The lowest BCUT2D eigenvalue weighted by Gasteiger charge is -2.01. The van der Waals surface area contributed by atoms with Crippen molar-refractivity contribution in [3.63, 3.8) is 0 Å². The summed E-state index contributed by atoms with van der Waals surface area (Å²) in [7, 11) is 0. The first kappa shape index (κ1) is 18.9. The summed E-state index contributed by atoms with van der Waals surface area (Å²) in [6, 6.07) is 0. The number of hydrogen-bond acceptors (Lipinski definition) is 3. The summed E-state index contributed by atoms with van der Waals surface area (Å²) in [6.45, 7) is 2.10. The zero-order valence-electron chi connectivity index (χ0n) is 13.6. The summed E-state index contributed by atoms with van der Waals surface area (Å²) in [5.41, 5.74) is 0. The van der Waals surface area contributed by atoms with Gasteiger partial charge in [0.1, 0.15) is 12.2 Å². The Morgan fingerprint density at radius 1 is 1.14 bits per heavy atom. The lowest BCUT2D eigenvalue weighted by molar-refractivity contribution is -0.137. The molecular formula is C18H30O4. The number of rotatable bonds is 13. The fraction of sp³-hybridized carbons (Fsp3) is 0.722. The van der Waals surface area contributed by atoms with E-state index < -0.39 is 12.1 Å². The SMILES string of the molecule is CCC=CCC1OC1C(O)C=CCCCCCCCC(=O)O. The van der Waals surface area contributed by atoms with Crippen molar-refractivity contribution < 1.29 is 19.7 Å². The van der Waals surface area contributed by atoms with Crippen molar-refractivity contribution in [1.82, 2.24) is 0 Å². The number of allylic oxidation sites excluding steroid dienone is 2. The fourth-order valence-electron chi connectivity index (χ4n) is 2.46. The van der Waals surface area contributed by atoms with Crippen LogP contribution in [0.1, 0.15) is 64.7 Å². The molecule has 3 atom stereocenters. The van der Waals surface area contributed by atoms with Gasteiger partial charge in [-0.15, -0.1) is 0 Å². The first-order chi connectivity index (χ1) is 10.6. The van der Waals surface area contributed by atoms with Crippen LogP contribution in [0.2, 0.25) is 0 Å². The van der Waals surface area contributed by atoms with E-state index in [0.29, 0.717) is 0 Å². The van der Waals surface area contributed by atoms with Gasteiger partial charge in [-0.1, -0.05) is 50.5 Å². The topological polar surface area (TPSA) is 70.1 Å². The third-order valence-electron chi connectivity index (χ3n) is 3.82. The molecular weight excluding hydrogens is 280 g/mol. The molecule has 0 aromatic carbocycles. The van der Waals surface area contributed by atoms with Crippen LogP contribution in [0.4, 0.5) is 0 Å². The maximum atomic E-state index is 10.3. The maximum absolute atomic E-state index is 10.3. The number of aliphatic carboxylic acids is 1. The van der Waals surface area contributed by atoms with Gasteiger partial charge in [0.05, 0.1) is 6.10 Å². The number of unbranched alkanes of at least 4 members (excludes halogenated alkanes) is 5. The maximum Gasteiger partial charge on any atom is 0.303 e. The van der Waals surface area contributed by atoms with Crippen LogP contribution in [0.3, 0.4) is 0 Å². The van der Waals surface area contributed by atoms with Gasteiger partial charge in [-0.25, -0.2) is 0 Å². The van der Waals surface area contributed by atoms with Crippen LogP contribution in [0, 0.1) is 0 Å². The minimum absolute atomic E-state index is 0.0335. The zero-order valence-corrected chi connectivity index (χ0v) is 13.6. The molecule has 1 saturated heterocycles. The monoisotopic (exact) mass is 310 g/mol. The van der Waals surface area contributed by atoms with E-state index in [9.17, 15) is 9.90 Å². The highest BCUT2D eigenvalue weighted by Crippen LogP contribution is 2.29. The first-order valence-corrected chi connectivity index (χ1v) is 8.52. The van der Waals surface area contributed by atoms with Gasteiger partial charge in [0.25, 0.3) is 0 Å². The predicted octanol–water partition coefficient (Wildman–Crippen LogP) is 3.84. The number of aliphatic hydroxyl groups excluding tert-OH is 1. The van der Waals surface area contributed by atoms with E-state index in [2.05, 4.69) is 19.1 Å². The Morgan fingerprint density at radius 2 is 1.86 bits per heavy atom. The highest BCUT2D eigenvalue weighted by Gasteiger charge is 2.42. The van der Waals surface area contributed by atoms with Crippen LogP contribution in [-0.2, 0) is 9.53 Å². The molecule has 2 N–H and O–H groups in total. The fourth-order valence-corrected chi connectivity index (χ4v) is 2.46. The van der Waals surface area contributed by atoms with Gasteiger partial charge in [0, 0.05) is 6.42 Å². The molecule has 1 fully saturated rings. The van der Waals surface area contributed by atoms with Crippen LogP contribution in [0.15, 0.2) is 24.3 Å². The third kappa shape index (κ3) is 9.00. The van der Waals surface area contributed by atoms with Gasteiger partial charge in [-0.05, 0) is 32.1 Å². The van der Waals surface area contributed by atoms with Crippen LogP contribution >= 0.6 is 0 Å². The molecule has 1 heterocycles. The second-order valence-electron chi connectivity index (χ2n) is 5.87. The second-order valence-corrected chi connectivity index (χ2v) is 5.87. The Morgan fingerprint density at radius 3 is 2.59 bits per heavy atom. The molecule has 0 aliphatic carbocycles. The summed E-state index contributed by atoms with van der Waals surface area (Å²) < 4.78 is 5.47. The quantitative estimate of drug-likeness (QED) is 0.308. The molecule has 0 saturated carbocycles. The Hall–Kier alpha value is -1.13. The smallest absolute Gasteiger partial charge is 0.303 e. The van der Waals surface area contributed by atoms with Crippen molar-refractivity contribution in [2.75, 3.05) is 0 Å². The van der Waals surface area contributed by atoms with E-state index in [1.165, 1.54) is 0 Å². The van der Waals surface area contributed by atoms with Crippen molar-refractivity contribution in [3.8, 4) is 0 Å². The Kier molecular flexibility index (Phi) is 9.84. The lowest BCUT2D eigenvalue weighted by Crippen LogP contribution is -2.13. The predicted molar refractivity (Wildman–Crippen MR) is 87.8 cm³/mol. The number of carbonyl (C=O) groups is 1. The van der Waals surface area contributed by atoms with Gasteiger partial charge in [0.15, 0.2) is 0 Å². The summed E-state index contributed by atoms with van der Waals surface area (Å²) in [5, 5.41) is 18.5. The number of epoxide rings is 1. The van der Waals surface area contributed by atoms with Crippen LogP contribution < -0.4 is 0 Å². The van der Waals surface area contributed by atoms with Crippen LogP contribution in [0.25, 0.3) is 0 Å². The van der Waals surface area contributed by atoms with Gasteiger partial charge in [0.2, 0.25) is 0 Å². The van der Waals surface area contributed by atoms with Crippen LogP contribution in [0.5, 0.6) is 0 Å². The summed E-state index contributed by atoms with van der Waals surface area (Å²) in [5.74, 6) is -0.706. The molecule has 0 aromatic heterocycles. The van der Waals surface area contributed by atoms with Crippen molar-refractivity contribution in [2.24, 2.45) is 0 Å². The van der Waals surface area contributed by atoms with E-state index >= 15 is 0 Å². The number of aliphatic hydroxyl groups is 1. The summed E-state index contributed by atoms with van der Waals surface area (Å²) >= 11 is 0. The molecule has 1 aliphatic rings. The highest BCUT2D eigenvalue weighted by molar-refractivity contribution is 5.66. The molecule has 4 nitrogen and oxygen atoms in total. The lowest BCUT2D eigenvalue weighted by atomic mass is 10.1. The number of ether oxygens (including phenoxy) is 1. The van der Waals surface area contributed by atoms with Crippen molar-refractivity contribution >= 4 is 5.97 Å². The van der Waals surface area contributed by atoms with E-state index in [0.717, 1.165) is 51.4 Å². The molecule has 4 heteroatoms. The van der Waals surface area contributed by atoms with Gasteiger partial charge >= 0.3 is 5.97 Å². The van der Waals surface area contributed by atoms with Gasteiger partial charge in [-0.3, -0.25) is 4.79 Å². The minimum atomic E-state index is -0.706. The molecule has 0 spiro atoms. The van der Waals surface area contributed by atoms with Crippen molar-refractivity contribution in [1.29, 1.82) is 0 Å². The summed E-state index contributed by atoms with van der Waals surface area (Å²) in [4.78, 5) is 10.3. The van der Waals surface area contributed by atoms with Crippen molar-refractivity contribution in [3.05, 3.63) is 24.3 Å². The number of carboxylic acids is 1. The minimum Gasteiger partial charge on any atom is -0.481 e. The molecule has 3 unspecified atom stereocenters. The Labute approximate surface area is 133 Å².